The Hall–Kier alpha value is -1.88. The molecular weight excluding hydrogens is 192 g/mol. The fourth-order valence-electron chi connectivity index (χ4n) is 1.81. The molecule has 0 spiro atoms. The Morgan fingerprint density at radius 2 is 2.33 bits per heavy atom. The molecule has 2 atom stereocenters. The molecule has 1 saturated heterocycles. The van der Waals surface area contributed by atoms with Gasteiger partial charge in [-0.05, 0) is 12.3 Å². The molecule has 0 bridgehead atoms. The van der Waals surface area contributed by atoms with E-state index in [-0.39, 0.29) is 17.7 Å². The molecular formula is C10H12N4O. The number of hydrogen-bond donors (Lipinski definition) is 1. The predicted octanol–water partition coefficient (Wildman–Crippen LogP) is 0.942. The molecule has 5 nitrogen and oxygen atoms in total. The van der Waals surface area contributed by atoms with Crippen LogP contribution in [-0.2, 0) is 4.79 Å². The van der Waals surface area contributed by atoms with Gasteiger partial charge < -0.3 is 5.32 Å². The summed E-state index contributed by atoms with van der Waals surface area (Å²) in [4.78, 5) is 14.8. The first-order valence-electron chi connectivity index (χ1n) is 4.89. The number of aliphatic imine (C=N–C) groups is 1. The van der Waals surface area contributed by atoms with Crippen molar-refractivity contribution >= 4 is 11.7 Å². The maximum absolute atomic E-state index is 11.3. The molecule has 1 aliphatic rings. The molecule has 0 aromatic rings. The summed E-state index contributed by atoms with van der Waals surface area (Å²) in [6.45, 7) is 2.00. The minimum atomic E-state index is -0.456. The standard InChI is InChI=1S/C10H12N4O/c1-2-3-7-4-9(15)14-10(13-6-12)8(7)5-11/h7-8H,2-4H2,1H3,(H,13,14,15). The first-order valence-corrected chi connectivity index (χ1v) is 4.89. The number of amides is 1. The van der Waals surface area contributed by atoms with Gasteiger partial charge in [0.15, 0.2) is 0 Å². The van der Waals surface area contributed by atoms with Crippen molar-refractivity contribution in [3.8, 4) is 12.3 Å². The summed E-state index contributed by atoms with van der Waals surface area (Å²) in [5.41, 5.74) is 0. The van der Waals surface area contributed by atoms with E-state index in [0.717, 1.165) is 12.8 Å². The van der Waals surface area contributed by atoms with Gasteiger partial charge in [0.25, 0.3) is 0 Å². The third-order valence-electron chi connectivity index (χ3n) is 2.45. The van der Waals surface area contributed by atoms with Gasteiger partial charge in [-0.1, -0.05) is 13.3 Å². The van der Waals surface area contributed by atoms with Crippen molar-refractivity contribution in [1.82, 2.24) is 5.32 Å². The van der Waals surface area contributed by atoms with Crippen LogP contribution in [0.1, 0.15) is 26.2 Å². The molecule has 0 aromatic heterocycles. The van der Waals surface area contributed by atoms with E-state index in [1.807, 2.05) is 6.92 Å². The maximum Gasteiger partial charge on any atom is 0.225 e. The van der Waals surface area contributed by atoms with Gasteiger partial charge in [-0.3, -0.25) is 4.79 Å². The summed E-state index contributed by atoms with van der Waals surface area (Å²) in [6.07, 6.45) is 3.67. The van der Waals surface area contributed by atoms with Crippen LogP contribution in [-0.4, -0.2) is 11.7 Å². The minimum Gasteiger partial charge on any atom is -0.312 e. The number of nitrogens with zero attached hydrogens (tertiary/aromatic N) is 3. The summed E-state index contributed by atoms with van der Waals surface area (Å²) in [6, 6.07) is 2.10. The Kier molecular flexibility index (Phi) is 3.82. The van der Waals surface area contributed by atoms with Crippen molar-refractivity contribution < 1.29 is 4.79 Å². The molecule has 1 rings (SSSR count). The lowest BCUT2D eigenvalue weighted by atomic mass is 9.83. The molecule has 0 aliphatic carbocycles. The summed E-state index contributed by atoms with van der Waals surface area (Å²) < 4.78 is 0. The molecule has 0 radical (unpaired) electrons. The molecule has 1 N–H and O–H groups in total. The van der Waals surface area contributed by atoms with Gasteiger partial charge in [-0.2, -0.15) is 15.5 Å². The predicted molar refractivity (Wildman–Crippen MR) is 53.3 cm³/mol. The van der Waals surface area contributed by atoms with Gasteiger partial charge in [-0.25, -0.2) is 0 Å². The van der Waals surface area contributed by atoms with E-state index in [0.29, 0.717) is 6.42 Å². The van der Waals surface area contributed by atoms with Crippen molar-refractivity contribution in [1.29, 1.82) is 10.5 Å². The van der Waals surface area contributed by atoms with Gasteiger partial charge >= 0.3 is 0 Å². The zero-order valence-corrected chi connectivity index (χ0v) is 8.53. The molecule has 5 heteroatoms. The van der Waals surface area contributed by atoms with E-state index >= 15 is 0 Å². The van der Waals surface area contributed by atoms with Crippen LogP contribution in [0, 0.1) is 34.6 Å². The molecule has 0 aromatic carbocycles. The average molecular weight is 204 g/mol. The quantitative estimate of drug-likeness (QED) is 0.679. The first kappa shape index (κ1) is 11.2. The first-order chi connectivity index (χ1) is 7.22. The van der Waals surface area contributed by atoms with Crippen LogP contribution >= 0.6 is 0 Å². The number of amidine groups is 1. The fourth-order valence-corrected chi connectivity index (χ4v) is 1.81. The number of carbonyl (C=O) groups is 1. The lowest BCUT2D eigenvalue weighted by Crippen LogP contribution is -2.45. The van der Waals surface area contributed by atoms with Crippen LogP contribution in [0.4, 0.5) is 0 Å². The lowest BCUT2D eigenvalue weighted by Gasteiger charge is -2.27. The van der Waals surface area contributed by atoms with Crippen LogP contribution in [0.25, 0.3) is 0 Å². The van der Waals surface area contributed by atoms with Crippen molar-refractivity contribution in [3.63, 3.8) is 0 Å². The number of carbonyl (C=O) groups excluding carboxylic acids is 1. The van der Waals surface area contributed by atoms with Gasteiger partial charge in [0.05, 0.1) is 6.07 Å². The number of nitriles is 2. The van der Waals surface area contributed by atoms with Gasteiger partial charge in [0.2, 0.25) is 12.1 Å². The van der Waals surface area contributed by atoms with Crippen LogP contribution in [0.3, 0.4) is 0 Å². The topological polar surface area (TPSA) is 89.0 Å². The molecule has 1 amide bonds. The van der Waals surface area contributed by atoms with Crippen molar-refractivity contribution in [3.05, 3.63) is 0 Å². The van der Waals surface area contributed by atoms with Gasteiger partial charge in [-0.15, -0.1) is 0 Å². The van der Waals surface area contributed by atoms with Crippen LogP contribution in [0.5, 0.6) is 0 Å². The summed E-state index contributed by atoms with van der Waals surface area (Å²) in [7, 11) is 0. The van der Waals surface area contributed by atoms with E-state index in [2.05, 4.69) is 16.4 Å². The second-order valence-corrected chi connectivity index (χ2v) is 3.50. The number of piperidine rings is 1. The highest BCUT2D eigenvalue weighted by Crippen LogP contribution is 2.25. The smallest absolute Gasteiger partial charge is 0.225 e. The number of hydrogen-bond acceptors (Lipinski definition) is 4. The van der Waals surface area contributed by atoms with Crippen LogP contribution < -0.4 is 5.32 Å². The van der Waals surface area contributed by atoms with Gasteiger partial charge in [0, 0.05) is 6.42 Å². The maximum atomic E-state index is 11.3. The SMILES string of the molecule is CCCC1CC(=O)NC(=NC#N)C1C#N. The lowest BCUT2D eigenvalue weighted by molar-refractivity contribution is -0.121. The highest BCUT2D eigenvalue weighted by atomic mass is 16.1. The van der Waals surface area contributed by atoms with E-state index < -0.39 is 5.92 Å². The second-order valence-electron chi connectivity index (χ2n) is 3.50. The molecule has 15 heavy (non-hydrogen) atoms. The van der Waals surface area contributed by atoms with E-state index in [4.69, 9.17) is 10.5 Å². The zero-order chi connectivity index (χ0) is 11.3. The van der Waals surface area contributed by atoms with E-state index in [9.17, 15) is 4.79 Å². The van der Waals surface area contributed by atoms with E-state index in [1.165, 1.54) is 0 Å². The van der Waals surface area contributed by atoms with Crippen LogP contribution in [0.15, 0.2) is 4.99 Å². The third kappa shape index (κ3) is 2.54. The summed E-state index contributed by atoms with van der Waals surface area (Å²) >= 11 is 0. The van der Waals surface area contributed by atoms with Gasteiger partial charge in [0.1, 0.15) is 11.8 Å². The van der Waals surface area contributed by atoms with Crippen molar-refractivity contribution in [2.75, 3.05) is 0 Å². The summed E-state index contributed by atoms with van der Waals surface area (Å²) in [5, 5.41) is 19.9. The highest BCUT2D eigenvalue weighted by molar-refractivity contribution is 6.03. The fraction of sp³-hybridized carbons (Fsp3) is 0.600. The Balaban J connectivity index is 2.91. The summed E-state index contributed by atoms with van der Waals surface area (Å²) in [5.74, 6) is -0.424. The van der Waals surface area contributed by atoms with Crippen LogP contribution in [0.2, 0.25) is 0 Å². The Labute approximate surface area is 88.4 Å². The minimum absolute atomic E-state index is 0.0131. The normalized spacial score (nSPS) is 27.9. The largest absolute Gasteiger partial charge is 0.312 e. The molecule has 1 fully saturated rings. The Morgan fingerprint density at radius 1 is 1.60 bits per heavy atom. The molecule has 1 aliphatic heterocycles. The Bertz CT molecular complexity index is 361. The molecule has 2 unspecified atom stereocenters. The average Bonchev–Trinajstić information content (AvgIpc) is 2.18. The van der Waals surface area contributed by atoms with Crippen molar-refractivity contribution in [2.45, 2.75) is 26.2 Å². The third-order valence-corrected chi connectivity index (χ3v) is 2.45. The number of rotatable bonds is 2. The zero-order valence-electron chi connectivity index (χ0n) is 8.53. The molecule has 0 saturated carbocycles. The number of nitrogens with one attached hydrogen (secondary N) is 1. The Morgan fingerprint density at radius 3 is 2.87 bits per heavy atom. The molecule has 78 valence electrons. The second kappa shape index (κ2) is 5.11. The van der Waals surface area contributed by atoms with E-state index in [1.54, 1.807) is 6.19 Å². The van der Waals surface area contributed by atoms with Crippen molar-refractivity contribution in [2.24, 2.45) is 16.8 Å². The monoisotopic (exact) mass is 204 g/mol. The molecule has 1 heterocycles. The highest BCUT2D eigenvalue weighted by Gasteiger charge is 2.33.